The van der Waals surface area contributed by atoms with Crippen LogP contribution in [0.15, 0.2) is 29.4 Å². The first kappa shape index (κ1) is 23.4. The summed E-state index contributed by atoms with van der Waals surface area (Å²) < 4.78 is 53.2. The lowest BCUT2D eigenvalue weighted by molar-refractivity contribution is -0.141. The number of pyridine rings is 2. The molecule has 0 radical (unpaired) electrons. The fraction of sp³-hybridized carbons (Fsp3) is 0.368. The molecule has 160 valence electrons. The van der Waals surface area contributed by atoms with E-state index in [1.165, 1.54) is 6.20 Å². The van der Waals surface area contributed by atoms with Gasteiger partial charge in [0.1, 0.15) is 11.4 Å². The molecule has 3 aromatic heterocycles. The molecule has 3 rings (SSSR count). The number of nitrogens with zero attached hydrogens (tertiary/aromatic N) is 5. The summed E-state index contributed by atoms with van der Waals surface area (Å²) in [4.78, 5) is 12.6. The maximum atomic E-state index is 13.0. The number of imidazole rings is 1. The molecule has 0 saturated carbocycles. The lowest BCUT2D eigenvalue weighted by atomic mass is 9.87. The zero-order valence-corrected chi connectivity index (χ0v) is 17.5. The van der Waals surface area contributed by atoms with Crippen molar-refractivity contribution in [2.75, 3.05) is 5.75 Å². The van der Waals surface area contributed by atoms with E-state index in [1.807, 2.05) is 0 Å². The molecule has 2 N–H and O–H groups in total. The van der Waals surface area contributed by atoms with Gasteiger partial charge in [0.25, 0.3) is 0 Å². The van der Waals surface area contributed by atoms with Gasteiger partial charge < -0.3 is 10.0 Å². The topological polar surface area (TPSA) is 116 Å². The summed E-state index contributed by atoms with van der Waals surface area (Å²) in [7, 11) is 0.213. The van der Waals surface area contributed by atoms with Gasteiger partial charge in [-0.2, -0.15) is 18.4 Å². The molecule has 0 amide bonds. The molecule has 1 unspecified atom stereocenters. The van der Waals surface area contributed by atoms with Crippen LogP contribution in [0.5, 0.6) is 0 Å². The average molecular weight is 439 g/mol. The van der Waals surface area contributed by atoms with Crippen LogP contribution in [0.1, 0.15) is 32.0 Å². The minimum absolute atomic E-state index is 0. The summed E-state index contributed by atoms with van der Waals surface area (Å²) in [5.41, 5.74) is -0.470. The number of hydrogen-bond donors (Lipinski definition) is 0. The van der Waals surface area contributed by atoms with Crippen LogP contribution in [0.2, 0.25) is 0 Å². The van der Waals surface area contributed by atoms with Crippen LogP contribution in [-0.4, -0.2) is 35.0 Å². The maximum absolute atomic E-state index is 13.0. The summed E-state index contributed by atoms with van der Waals surface area (Å²) >= 11 is 0. The Morgan fingerprint density at radius 2 is 1.87 bits per heavy atom. The van der Waals surface area contributed by atoms with Gasteiger partial charge in [-0.05, 0) is 31.5 Å². The van der Waals surface area contributed by atoms with Crippen LogP contribution in [0, 0.1) is 11.3 Å². The van der Waals surface area contributed by atoms with Crippen molar-refractivity contribution in [1.82, 2.24) is 19.5 Å². The molecule has 0 bridgehead atoms. The molecule has 0 aliphatic rings. The Hall–Kier alpha value is -2.84. The third kappa shape index (κ3) is 4.06. The van der Waals surface area contributed by atoms with Gasteiger partial charge in [0.15, 0.2) is 5.82 Å². The van der Waals surface area contributed by atoms with E-state index in [-0.39, 0.29) is 16.8 Å². The first-order valence-corrected chi connectivity index (χ1v) is 10.0. The second kappa shape index (κ2) is 8.12. The van der Waals surface area contributed by atoms with Crippen LogP contribution in [0.3, 0.4) is 0 Å². The molecule has 30 heavy (non-hydrogen) atoms. The molecule has 0 aromatic carbocycles. The number of aryl methyl sites for hydroxylation is 1. The highest BCUT2D eigenvalue weighted by molar-refractivity contribution is 7.85. The van der Waals surface area contributed by atoms with Crippen LogP contribution in [0.4, 0.5) is 13.2 Å². The molecule has 0 saturated heterocycles. The van der Waals surface area contributed by atoms with Crippen molar-refractivity contribution in [3.8, 4) is 17.6 Å². The molecular weight excluding hydrogens is 419 g/mol. The monoisotopic (exact) mass is 439 g/mol. The molecule has 0 spiro atoms. The minimum atomic E-state index is -4.58. The predicted octanol–water partition coefficient (Wildman–Crippen LogP) is 3.15. The third-order valence-electron chi connectivity index (χ3n) is 4.63. The van der Waals surface area contributed by atoms with Crippen molar-refractivity contribution in [2.45, 2.75) is 37.3 Å². The van der Waals surface area contributed by atoms with Gasteiger partial charge >= 0.3 is 6.18 Å². The second-order valence-electron chi connectivity index (χ2n) is 6.99. The molecule has 3 aromatic rings. The highest BCUT2D eigenvalue weighted by Crippen LogP contribution is 2.33. The van der Waals surface area contributed by atoms with Crippen molar-refractivity contribution in [3.05, 3.63) is 35.8 Å². The normalized spacial score (nSPS) is 13.0. The highest BCUT2D eigenvalue weighted by atomic mass is 32.2. The Balaban J connectivity index is 0.00000320. The molecule has 0 aliphatic heterocycles. The van der Waals surface area contributed by atoms with Gasteiger partial charge in [0, 0.05) is 19.0 Å². The lowest BCUT2D eigenvalue weighted by Gasteiger charge is -2.17. The average Bonchev–Trinajstić information content (AvgIpc) is 3.02. The number of hydrogen-bond acceptors (Lipinski definition) is 5. The number of rotatable bonds is 4. The highest BCUT2D eigenvalue weighted by Gasteiger charge is 2.33. The van der Waals surface area contributed by atoms with E-state index in [9.17, 15) is 22.6 Å². The maximum Gasteiger partial charge on any atom is 0.433 e. The van der Waals surface area contributed by atoms with E-state index in [0.29, 0.717) is 27.4 Å². The Morgan fingerprint density at radius 1 is 1.20 bits per heavy atom. The fourth-order valence-electron chi connectivity index (χ4n) is 2.80. The number of alkyl halides is 3. The summed E-state index contributed by atoms with van der Waals surface area (Å²) in [6, 6.07) is 4.71. The van der Waals surface area contributed by atoms with Gasteiger partial charge in [0.05, 0.1) is 44.4 Å². The van der Waals surface area contributed by atoms with Gasteiger partial charge in [-0.3, -0.25) is 9.19 Å². The first-order valence-electron chi connectivity index (χ1n) is 8.69. The van der Waals surface area contributed by atoms with Crippen molar-refractivity contribution in [3.63, 3.8) is 0 Å². The number of nitriles is 1. The zero-order chi connectivity index (χ0) is 21.6. The van der Waals surface area contributed by atoms with Gasteiger partial charge in [-0.1, -0.05) is 6.92 Å². The first-order chi connectivity index (χ1) is 13.5. The smallest absolute Gasteiger partial charge is 0.412 e. The Labute approximate surface area is 173 Å². The van der Waals surface area contributed by atoms with Gasteiger partial charge in [-0.25, -0.2) is 9.97 Å². The van der Waals surface area contributed by atoms with Crippen molar-refractivity contribution >= 4 is 21.8 Å². The van der Waals surface area contributed by atoms with E-state index in [1.54, 1.807) is 38.5 Å². The van der Waals surface area contributed by atoms with Gasteiger partial charge in [-0.15, -0.1) is 0 Å². The van der Waals surface area contributed by atoms with E-state index >= 15 is 0 Å². The van der Waals surface area contributed by atoms with Crippen molar-refractivity contribution < 1.29 is 22.9 Å². The van der Waals surface area contributed by atoms with Crippen LogP contribution in [0.25, 0.3) is 22.6 Å². The largest absolute Gasteiger partial charge is 0.433 e. The van der Waals surface area contributed by atoms with Crippen molar-refractivity contribution in [1.29, 1.82) is 5.26 Å². The summed E-state index contributed by atoms with van der Waals surface area (Å²) in [5, 5.41) is 9.38. The van der Waals surface area contributed by atoms with Crippen LogP contribution < -0.4 is 0 Å². The Kier molecular flexibility index (Phi) is 6.34. The molecular formula is C19H20F3N5O2S. The van der Waals surface area contributed by atoms with Crippen LogP contribution >= 0.6 is 0 Å². The number of fused-ring (bicyclic) bond motifs is 1. The summed E-state index contributed by atoms with van der Waals surface area (Å²) in [6.07, 6.45) is -1.96. The Bertz CT molecular complexity index is 1170. The summed E-state index contributed by atoms with van der Waals surface area (Å²) in [5.74, 6) is 0.591. The minimum Gasteiger partial charge on any atom is -0.412 e. The fourth-order valence-corrected chi connectivity index (χ4v) is 3.73. The third-order valence-corrected chi connectivity index (χ3v) is 5.96. The zero-order valence-electron chi connectivity index (χ0n) is 16.7. The van der Waals surface area contributed by atoms with E-state index < -0.39 is 28.1 Å². The number of aromatic nitrogens is 4. The molecule has 0 aliphatic carbocycles. The molecule has 3 heterocycles. The second-order valence-corrected chi connectivity index (χ2v) is 8.70. The Morgan fingerprint density at radius 3 is 2.43 bits per heavy atom. The molecule has 7 nitrogen and oxygen atoms in total. The van der Waals surface area contributed by atoms with Crippen molar-refractivity contribution in [2.24, 2.45) is 7.05 Å². The summed E-state index contributed by atoms with van der Waals surface area (Å²) in [6.45, 7) is 5.19. The lowest BCUT2D eigenvalue weighted by Crippen LogP contribution is -2.16. The molecule has 1 atom stereocenters. The molecule has 0 fully saturated rings. The van der Waals surface area contributed by atoms with E-state index in [2.05, 4.69) is 21.0 Å². The quantitative estimate of drug-likeness (QED) is 0.619. The standard InChI is InChI=1S/C19H18F3N5OS.H2O/c1-5-29(28)14-6-11(18(2,3)10-23)8-25-16(14)17-26-12-7-15(19(20,21)22)24-9-13(12)27(17)4;/h6-9H,5H2,1-4H3;1H2. The number of halogens is 3. The van der Waals surface area contributed by atoms with Gasteiger partial charge in [0.2, 0.25) is 0 Å². The van der Waals surface area contributed by atoms with Crippen LogP contribution in [-0.2, 0) is 29.4 Å². The molecule has 11 heteroatoms. The SMILES string of the molecule is CCS(=O)c1cc(C(C)(C)C#N)cnc1-c1nc2cc(C(F)(F)F)ncc2n1C.O. The van der Waals surface area contributed by atoms with E-state index in [4.69, 9.17) is 0 Å². The van der Waals surface area contributed by atoms with E-state index in [0.717, 1.165) is 12.3 Å². The predicted molar refractivity (Wildman–Crippen MR) is 106 cm³/mol.